The van der Waals surface area contributed by atoms with Crippen LogP contribution in [0.15, 0.2) is 46.9 Å². The van der Waals surface area contributed by atoms with Crippen molar-refractivity contribution >= 4 is 27.5 Å². The van der Waals surface area contributed by atoms with E-state index >= 15 is 0 Å². The molecule has 1 unspecified atom stereocenters. The summed E-state index contributed by atoms with van der Waals surface area (Å²) in [5.74, 6) is -0.373. The van der Waals surface area contributed by atoms with Crippen LogP contribution in [0, 0.1) is 5.82 Å². The highest BCUT2D eigenvalue weighted by molar-refractivity contribution is 9.10. The van der Waals surface area contributed by atoms with Crippen LogP contribution in [-0.2, 0) is 6.42 Å². The Hall–Kier alpha value is -0.900. The lowest BCUT2D eigenvalue weighted by molar-refractivity contribution is 0.178. The van der Waals surface area contributed by atoms with Gasteiger partial charge in [-0.2, -0.15) is 0 Å². The summed E-state index contributed by atoms with van der Waals surface area (Å²) in [4.78, 5) is 0. The first-order chi connectivity index (χ1) is 8.56. The highest BCUT2D eigenvalue weighted by Gasteiger charge is 2.10. The van der Waals surface area contributed by atoms with Gasteiger partial charge in [0.2, 0.25) is 0 Å². The van der Waals surface area contributed by atoms with Crippen LogP contribution in [0.2, 0.25) is 5.02 Å². The fourth-order valence-corrected chi connectivity index (χ4v) is 2.05. The molecular formula is C14H11BrClFO. The zero-order chi connectivity index (χ0) is 13.1. The van der Waals surface area contributed by atoms with Crippen LogP contribution < -0.4 is 0 Å². The summed E-state index contributed by atoms with van der Waals surface area (Å²) in [5, 5.41) is 10.7. The van der Waals surface area contributed by atoms with Gasteiger partial charge in [-0.15, -0.1) is 0 Å². The maximum absolute atomic E-state index is 13.4. The van der Waals surface area contributed by atoms with Gasteiger partial charge in [0.25, 0.3) is 0 Å². The second kappa shape index (κ2) is 5.83. The molecule has 1 nitrogen and oxygen atoms in total. The number of rotatable bonds is 3. The van der Waals surface area contributed by atoms with Gasteiger partial charge in [0.15, 0.2) is 0 Å². The largest absolute Gasteiger partial charge is 0.388 e. The summed E-state index contributed by atoms with van der Waals surface area (Å²) in [6.45, 7) is 0. The molecule has 2 aromatic rings. The topological polar surface area (TPSA) is 20.2 Å². The van der Waals surface area contributed by atoms with E-state index in [2.05, 4.69) is 15.9 Å². The number of hydrogen-bond acceptors (Lipinski definition) is 1. The highest BCUT2D eigenvalue weighted by Crippen LogP contribution is 2.23. The van der Waals surface area contributed by atoms with Crippen LogP contribution in [0.1, 0.15) is 17.2 Å². The molecule has 0 saturated heterocycles. The average Bonchev–Trinajstić information content (AvgIpc) is 2.35. The number of aliphatic hydroxyl groups excluding tert-OH is 1. The van der Waals surface area contributed by atoms with E-state index in [0.29, 0.717) is 21.5 Å². The summed E-state index contributed by atoms with van der Waals surface area (Å²) < 4.78 is 13.7. The minimum atomic E-state index is -0.728. The van der Waals surface area contributed by atoms with Crippen LogP contribution in [0.25, 0.3) is 0 Å². The first kappa shape index (κ1) is 13.5. The fraction of sp³-hybridized carbons (Fsp3) is 0.143. The lowest BCUT2D eigenvalue weighted by Gasteiger charge is -2.11. The van der Waals surface area contributed by atoms with Crippen molar-refractivity contribution in [3.05, 3.63) is 68.9 Å². The Balaban J connectivity index is 2.13. The number of benzene rings is 2. The Bertz CT molecular complexity index is 542. The normalized spacial score (nSPS) is 12.4. The number of aliphatic hydroxyl groups is 1. The number of hydrogen-bond donors (Lipinski definition) is 1. The summed E-state index contributed by atoms with van der Waals surface area (Å²) in [6.07, 6.45) is -0.299. The van der Waals surface area contributed by atoms with Crippen molar-refractivity contribution in [3.8, 4) is 0 Å². The minimum absolute atomic E-state index is 0.373. The molecule has 0 aliphatic heterocycles. The third-order valence-electron chi connectivity index (χ3n) is 2.67. The van der Waals surface area contributed by atoms with E-state index < -0.39 is 6.10 Å². The SMILES string of the molecule is OC(Cc1ccc(Cl)cc1)c1ccc(Br)c(F)c1. The third-order valence-corrected chi connectivity index (χ3v) is 3.57. The third kappa shape index (κ3) is 3.31. The van der Waals surface area contributed by atoms with Gasteiger partial charge in [-0.05, 0) is 51.3 Å². The molecule has 0 fully saturated rings. The average molecular weight is 330 g/mol. The molecule has 0 bridgehead atoms. The van der Waals surface area contributed by atoms with E-state index in [1.165, 1.54) is 6.07 Å². The van der Waals surface area contributed by atoms with Gasteiger partial charge < -0.3 is 5.11 Å². The Morgan fingerprint density at radius 1 is 1.17 bits per heavy atom. The molecule has 4 heteroatoms. The molecule has 0 amide bonds. The predicted molar refractivity (Wildman–Crippen MR) is 74.2 cm³/mol. The smallest absolute Gasteiger partial charge is 0.137 e. The van der Waals surface area contributed by atoms with Crippen molar-refractivity contribution in [1.82, 2.24) is 0 Å². The number of halogens is 3. The summed E-state index contributed by atoms with van der Waals surface area (Å²) in [6, 6.07) is 11.9. The second-order valence-corrected chi connectivity index (χ2v) is 5.31. The molecule has 0 saturated carbocycles. The zero-order valence-electron chi connectivity index (χ0n) is 9.41. The van der Waals surface area contributed by atoms with Crippen LogP contribution >= 0.6 is 27.5 Å². The molecule has 94 valence electrons. The van der Waals surface area contributed by atoms with Gasteiger partial charge in [-0.25, -0.2) is 4.39 Å². The molecular weight excluding hydrogens is 319 g/mol. The lowest BCUT2D eigenvalue weighted by atomic mass is 10.0. The Labute approximate surface area is 118 Å². The first-order valence-corrected chi connectivity index (χ1v) is 6.61. The lowest BCUT2D eigenvalue weighted by Crippen LogP contribution is -2.02. The van der Waals surface area contributed by atoms with Crippen molar-refractivity contribution in [3.63, 3.8) is 0 Å². The molecule has 1 N–H and O–H groups in total. The van der Waals surface area contributed by atoms with Crippen molar-refractivity contribution in [2.24, 2.45) is 0 Å². The van der Waals surface area contributed by atoms with Crippen LogP contribution in [-0.4, -0.2) is 5.11 Å². The molecule has 0 spiro atoms. The molecule has 18 heavy (non-hydrogen) atoms. The maximum Gasteiger partial charge on any atom is 0.137 e. The molecule has 0 radical (unpaired) electrons. The summed E-state index contributed by atoms with van der Waals surface area (Å²) >= 11 is 8.87. The van der Waals surface area contributed by atoms with Crippen molar-refractivity contribution < 1.29 is 9.50 Å². The van der Waals surface area contributed by atoms with Gasteiger partial charge in [0.05, 0.1) is 10.6 Å². The van der Waals surface area contributed by atoms with Crippen molar-refractivity contribution in [2.75, 3.05) is 0 Å². The Morgan fingerprint density at radius 3 is 2.44 bits per heavy atom. The summed E-state index contributed by atoms with van der Waals surface area (Å²) in [7, 11) is 0. The standard InChI is InChI=1S/C14H11BrClFO/c15-12-6-3-10(8-13(12)17)14(18)7-9-1-4-11(16)5-2-9/h1-6,8,14,18H,7H2. The first-order valence-electron chi connectivity index (χ1n) is 5.44. The van der Waals surface area contributed by atoms with Crippen LogP contribution in [0.3, 0.4) is 0 Å². The molecule has 0 aromatic heterocycles. The van der Waals surface area contributed by atoms with E-state index in [1.54, 1.807) is 24.3 Å². The molecule has 0 aliphatic carbocycles. The molecule has 2 rings (SSSR count). The van der Waals surface area contributed by atoms with Gasteiger partial charge in [0.1, 0.15) is 5.82 Å². The van der Waals surface area contributed by atoms with Crippen LogP contribution in [0.4, 0.5) is 4.39 Å². The second-order valence-electron chi connectivity index (χ2n) is 4.02. The van der Waals surface area contributed by atoms with Gasteiger partial charge in [-0.3, -0.25) is 0 Å². The Morgan fingerprint density at radius 2 is 1.83 bits per heavy atom. The van der Waals surface area contributed by atoms with E-state index in [0.717, 1.165) is 5.56 Å². The van der Waals surface area contributed by atoms with Gasteiger partial charge in [0, 0.05) is 11.4 Å². The van der Waals surface area contributed by atoms with E-state index in [1.807, 2.05) is 12.1 Å². The Kier molecular flexibility index (Phi) is 4.38. The van der Waals surface area contributed by atoms with E-state index in [-0.39, 0.29) is 5.82 Å². The van der Waals surface area contributed by atoms with E-state index in [4.69, 9.17) is 11.6 Å². The molecule has 2 aromatic carbocycles. The van der Waals surface area contributed by atoms with Crippen molar-refractivity contribution in [1.29, 1.82) is 0 Å². The van der Waals surface area contributed by atoms with Crippen LogP contribution in [0.5, 0.6) is 0 Å². The highest BCUT2D eigenvalue weighted by atomic mass is 79.9. The maximum atomic E-state index is 13.4. The quantitative estimate of drug-likeness (QED) is 0.878. The predicted octanol–water partition coefficient (Wildman–Crippen LogP) is 4.52. The monoisotopic (exact) mass is 328 g/mol. The van der Waals surface area contributed by atoms with Gasteiger partial charge in [-0.1, -0.05) is 29.8 Å². The molecule has 0 aliphatic rings. The fourth-order valence-electron chi connectivity index (χ4n) is 1.68. The molecule has 0 heterocycles. The van der Waals surface area contributed by atoms with Crippen molar-refractivity contribution in [2.45, 2.75) is 12.5 Å². The minimum Gasteiger partial charge on any atom is -0.388 e. The zero-order valence-corrected chi connectivity index (χ0v) is 11.7. The van der Waals surface area contributed by atoms with Gasteiger partial charge >= 0.3 is 0 Å². The molecule has 1 atom stereocenters. The summed E-state index contributed by atoms with van der Waals surface area (Å²) in [5.41, 5.74) is 1.51. The van der Waals surface area contributed by atoms with E-state index in [9.17, 15) is 9.50 Å².